The summed E-state index contributed by atoms with van der Waals surface area (Å²) in [4.78, 5) is 0. The average Bonchev–Trinajstić information content (AvgIpc) is 2.51. The number of nitrogens with zero attached hydrogens (tertiary/aromatic N) is 2. The summed E-state index contributed by atoms with van der Waals surface area (Å²) < 4.78 is 0. The van der Waals surface area contributed by atoms with Crippen molar-refractivity contribution in [3.05, 3.63) is 35.4 Å². The molecule has 1 aliphatic rings. The number of benzene rings is 1. The van der Waals surface area contributed by atoms with E-state index in [2.05, 4.69) is 16.6 Å². The van der Waals surface area contributed by atoms with Crippen LogP contribution in [0.15, 0.2) is 29.4 Å². The van der Waals surface area contributed by atoms with E-state index in [9.17, 15) is 0 Å². The molecule has 1 aromatic carbocycles. The number of hydrazone groups is 1. The van der Waals surface area contributed by atoms with E-state index in [-0.39, 0.29) is 0 Å². The van der Waals surface area contributed by atoms with Gasteiger partial charge in [-0.05, 0) is 13.0 Å². The van der Waals surface area contributed by atoms with Crippen molar-refractivity contribution >= 4 is 5.84 Å². The minimum atomic E-state index is 0.573. The molecular weight excluding hydrogens is 164 g/mol. The first-order valence-corrected chi connectivity index (χ1v) is 4.17. The lowest BCUT2D eigenvalue weighted by molar-refractivity contribution is 0.446. The SMILES string of the molecule is Cc1cccc(C2=NNCN2N)c1. The van der Waals surface area contributed by atoms with E-state index in [0.717, 1.165) is 11.4 Å². The van der Waals surface area contributed by atoms with Gasteiger partial charge in [-0.15, -0.1) is 0 Å². The highest BCUT2D eigenvalue weighted by Gasteiger charge is 2.14. The number of nitrogens with two attached hydrogens (primary N) is 1. The first kappa shape index (κ1) is 8.07. The van der Waals surface area contributed by atoms with Gasteiger partial charge in [0.25, 0.3) is 0 Å². The number of hydrogen-bond acceptors (Lipinski definition) is 4. The fraction of sp³-hybridized carbons (Fsp3) is 0.222. The number of rotatable bonds is 1. The van der Waals surface area contributed by atoms with Crippen molar-refractivity contribution in [3.63, 3.8) is 0 Å². The molecule has 1 aromatic rings. The van der Waals surface area contributed by atoms with Crippen LogP contribution >= 0.6 is 0 Å². The van der Waals surface area contributed by atoms with Crippen LogP contribution in [0.1, 0.15) is 11.1 Å². The van der Waals surface area contributed by atoms with Gasteiger partial charge < -0.3 is 0 Å². The van der Waals surface area contributed by atoms with Gasteiger partial charge in [-0.1, -0.05) is 23.8 Å². The van der Waals surface area contributed by atoms with Gasteiger partial charge in [0.1, 0.15) is 6.67 Å². The van der Waals surface area contributed by atoms with Crippen molar-refractivity contribution in [2.45, 2.75) is 6.92 Å². The van der Waals surface area contributed by atoms with Crippen molar-refractivity contribution in [1.82, 2.24) is 10.4 Å². The van der Waals surface area contributed by atoms with E-state index in [1.54, 1.807) is 5.01 Å². The molecule has 4 heteroatoms. The molecule has 4 nitrogen and oxygen atoms in total. The fourth-order valence-corrected chi connectivity index (χ4v) is 1.34. The molecule has 68 valence electrons. The maximum absolute atomic E-state index is 5.70. The predicted octanol–water partition coefficient (Wildman–Crippen LogP) is 0.393. The molecule has 1 aliphatic heterocycles. The highest BCUT2D eigenvalue weighted by atomic mass is 15.6. The zero-order valence-corrected chi connectivity index (χ0v) is 7.49. The second-order valence-corrected chi connectivity index (χ2v) is 3.09. The van der Waals surface area contributed by atoms with Crippen LogP contribution in [0, 0.1) is 6.92 Å². The number of hydrazine groups is 1. The third kappa shape index (κ3) is 1.48. The molecule has 0 spiro atoms. The Balaban J connectivity index is 2.35. The van der Waals surface area contributed by atoms with Crippen LogP contribution in [0.3, 0.4) is 0 Å². The summed E-state index contributed by atoms with van der Waals surface area (Å²) in [5.74, 6) is 6.50. The molecule has 0 bridgehead atoms. The lowest BCUT2D eigenvalue weighted by Crippen LogP contribution is -2.36. The van der Waals surface area contributed by atoms with Gasteiger partial charge in [-0.25, -0.2) is 5.84 Å². The van der Waals surface area contributed by atoms with Crippen molar-refractivity contribution in [2.24, 2.45) is 10.9 Å². The molecule has 0 aromatic heterocycles. The minimum Gasteiger partial charge on any atom is -0.287 e. The van der Waals surface area contributed by atoms with Crippen LogP contribution < -0.4 is 11.3 Å². The lowest BCUT2D eigenvalue weighted by atomic mass is 10.1. The Morgan fingerprint density at radius 1 is 1.54 bits per heavy atom. The van der Waals surface area contributed by atoms with Crippen LogP contribution in [0.5, 0.6) is 0 Å². The summed E-state index contributed by atoms with van der Waals surface area (Å²) >= 11 is 0. The van der Waals surface area contributed by atoms with E-state index >= 15 is 0 Å². The van der Waals surface area contributed by atoms with Gasteiger partial charge in [-0.3, -0.25) is 10.4 Å². The molecule has 0 atom stereocenters. The van der Waals surface area contributed by atoms with Gasteiger partial charge in [0, 0.05) is 5.56 Å². The topological polar surface area (TPSA) is 53.7 Å². The second kappa shape index (κ2) is 3.06. The summed E-state index contributed by atoms with van der Waals surface area (Å²) in [5, 5.41) is 5.69. The Bertz CT molecular complexity index is 345. The van der Waals surface area contributed by atoms with E-state index in [1.165, 1.54) is 5.56 Å². The van der Waals surface area contributed by atoms with E-state index < -0.39 is 0 Å². The number of nitrogens with one attached hydrogen (secondary N) is 1. The van der Waals surface area contributed by atoms with Gasteiger partial charge in [0.05, 0.1) is 0 Å². The Hall–Kier alpha value is -1.55. The molecule has 0 radical (unpaired) electrons. The number of hydrogen-bond donors (Lipinski definition) is 2. The van der Waals surface area contributed by atoms with Crippen molar-refractivity contribution in [3.8, 4) is 0 Å². The molecule has 0 aliphatic carbocycles. The van der Waals surface area contributed by atoms with Crippen LogP contribution in [-0.2, 0) is 0 Å². The maximum atomic E-state index is 5.70. The molecule has 3 N–H and O–H groups in total. The molecule has 0 saturated carbocycles. The standard InChI is InChI=1S/C9H12N4/c1-7-3-2-4-8(5-7)9-12-11-6-13(9)10/h2-5,11H,6,10H2,1H3. The van der Waals surface area contributed by atoms with Crippen LogP contribution in [0.2, 0.25) is 0 Å². The third-order valence-corrected chi connectivity index (χ3v) is 1.97. The minimum absolute atomic E-state index is 0.573. The molecule has 0 fully saturated rings. The summed E-state index contributed by atoms with van der Waals surface area (Å²) in [6.45, 7) is 2.62. The molecule has 13 heavy (non-hydrogen) atoms. The van der Waals surface area contributed by atoms with E-state index in [0.29, 0.717) is 6.67 Å². The van der Waals surface area contributed by atoms with Crippen LogP contribution in [-0.4, -0.2) is 17.5 Å². The van der Waals surface area contributed by atoms with Gasteiger partial charge in [-0.2, -0.15) is 5.10 Å². The average molecular weight is 176 g/mol. The van der Waals surface area contributed by atoms with Gasteiger partial charge in [0.2, 0.25) is 0 Å². The van der Waals surface area contributed by atoms with Crippen molar-refractivity contribution in [1.29, 1.82) is 0 Å². The zero-order chi connectivity index (χ0) is 9.26. The summed E-state index contributed by atoms with van der Waals surface area (Å²) in [6, 6.07) is 8.11. The first-order valence-electron chi connectivity index (χ1n) is 4.17. The van der Waals surface area contributed by atoms with Crippen molar-refractivity contribution in [2.75, 3.05) is 6.67 Å². The molecule has 2 rings (SSSR count). The lowest BCUT2D eigenvalue weighted by Gasteiger charge is -2.11. The van der Waals surface area contributed by atoms with Gasteiger partial charge >= 0.3 is 0 Å². The molecule has 1 heterocycles. The second-order valence-electron chi connectivity index (χ2n) is 3.09. The normalized spacial score (nSPS) is 15.5. The Labute approximate surface area is 77.0 Å². The highest BCUT2D eigenvalue weighted by molar-refractivity contribution is 5.99. The molecule has 0 unspecified atom stereocenters. The smallest absolute Gasteiger partial charge is 0.171 e. The fourth-order valence-electron chi connectivity index (χ4n) is 1.34. The zero-order valence-electron chi connectivity index (χ0n) is 7.49. The summed E-state index contributed by atoms with van der Waals surface area (Å²) in [5.41, 5.74) is 5.09. The molecule has 0 amide bonds. The van der Waals surface area contributed by atoms with E-state index in [4.69, 9.17) is 5.84 Å². The Kier molecular flexibility index (Phi) is 1.90. The Morgan fingerprint density at radius 3 is 3.00 bits per heavy atom. The monoisotopic (exact) mass is 176 g/mol. The third-order valence-electron chi connectivity index (χ3n) is 1.97. The van der Waals surface area contributed by atoms with E-state index in [1.807, 2.05) is 25.1 Å². The predicted molar refractivity (Wildman–Crippen MR) is 51.7 cm³/mol. The summed E-state index contributed by atoms with van der Waals surface area (Å²) in [7, 11) is 0. The maximum Gasteiger partial charge on any atom is 0.171 e. The number of aryl methyl sites for hydroxylation is 1. The van der Waals surface area contributed by atoms with Gasteiger partial charge in [0.15, 0.2) is 5.84 Å². The van der Waals surface area contributed by atoms with Crippen LogP contribution in [0.25, 0.3) is 0 Å². The highest BCUT2D eigenvalue weighted by Crippen LogP contribution is 2.08. The van der Waals surface area contributed by atoms with Crippen LogP contribution in [0.4, 0.5) is 0 Å². The number of amidine groups is 1. The quantitative estimate of drug-likeness (QED) is 0.609. The first-order chi connectivity index (χ1) is 6.27. The molecular formula is C9H12N4. The molecule has 0 saturated heterocycles. The Morgan fingerprint density at radius 2 is 2.38 bits per heavy atom. The van der Waals surface area contributed by atoms with Crippen molar-refractivity contribution < 1.29 is 0 Å². The largest absolute Gasteiger partial charge is 0.287 e. The summed E-state index contributed by atoms with van der Waals surface area (Å²) in [6.07, 6.45) is 0.